The molecule has 4 heteroatoms. The number of nitrogens with zero attached hydrogens (tertiary/aromatic N) is 2. The molecule has 2 atom stereocenters. The van der Waals surface area contributed by atoms with Gasteiger partial charge in [-0.3, -0.25) is 4.68 Å². The van der Waals surface area contributed by atoms with Crippen molar-refractivity contribution in [1.29, 1.82) is 0 Å². The number of nitrogens with one attached hydrogen (secondary N) is 1. The molecule has 0 aliphatic heterocycles. The van der Waals surface area contributed by atoms with Crippen LogP contribution < -0.4 is 5.32 Å². The highest BCUT2D eigenvalue weighted by atomic mass is 16.3. The molecule has 1 aliphatic rings. The van der Waals surface area contributed by atoms with E-state index in [1.54, 1.807) is 0 Å². The number of hydrogen-bond donors (Lipinski definition) is 2. The van der Waals surface area contributed by atoms with Crippen LogP contribution in [0.2, 0.25) is 0 Å². The topological polar surface area (TPSA) is 50.1 Å². The summed E-state index contributed by atoms with van der Waals surface area (Å²) in [6.07, 6.45) is 5.45. The lowest BCUT2D eigenvalue weighted by atomic mass is 10.1. The second-order valence-corrected chi connectivity index (χ2v) is 5.09. The molecule has 2 N–H and O–H groups in total. The Hall–Kier alpha value is -0.870. The van der Waals surface area contributed by atoms with Crippen LogP contribution in [0.15, 0.2) is 6.07 Å². The van der Waals surface area contributed by atoms with Crippen molar-refractivity contribution in [1.82, 2.24) is 15.1 Å². The normalized spacial score (nSPS) is 25.8. The van der Waals surface area contributed by atoms with E-state index >= 15 is 0 Å². The standard InChI is InChI=1S/C13H23N3O/c1-10-8-11(16(2)15-10)9-14-12-6-4-3-5-7-13(12)17/h8,12-14,17H,3-7,9H2,1-2H3. The molecule has 0 spiro atoms. The van der Waals surface area contributed by atoms with Crippen LogP contribution in [0.1, 0.15) is 43.5 Å². The monoisotopic (exact) mass is 237 g/mol. The third-order valence-corrected chi connectivity index (χ3v) is 3.62. The van der Waals surface area contributed by atoms with Crippen LogP contribution in [0, 0.1) is 6.92 Å². The van der Waals surface area contributed by atoms with E-state index in [2.05, 4.69) is 16.5 Å². The minimum Gasteiger partial charge on any atom is -0.392 e. The molecule has 96 valence electrons. The molecule has 0 radical (unpaired) electrons. The quantitative estimate of drug-likeness (QED) is 0.784. The molecular formula is C13H23N3O. The van der Waals surface area contributed by atoms with Gasteiger partial charge in [0.15, 0.2) is 0 Å². The first-order chi connectivity index (χ1) is 8.16. The number of hydrogen-bond acceptors (Lipinski definition) is 3. The van der Waals surface area contributed by atoms with Crippen LogP contribution in [0.3, 0.4) is 0 Å². The van der Waals surface area contributed by atoms with Gasteiger partial charge in [-0.25, -0.2) is 0 Å². The lowest BCUT2D eigenvalue weighted by Crippen LogP contribution is -2.38. The highest BCUT2D eigenvalue weighted by Gasteiger charge is 2.21. The minimum absolute atomic E-state index is 0.188. The van der Waals surface area contributed by atoms with Gasteiger partial charge in [-0.15, -0.1) is 0 Å². The second-order valence-electron chi connectivity index (χ2n) is 5.09. The summed E-state index contributed by atoms with van der Waals surface area (Å²) >= 11 is 0. The van der Waals surface area contributed by atoms with E-state index in [0.717, 1.165) is 31.5 Å². The third-order valence-electron chi connectivity index (χ3n) is 3.62. The molecule has 1 heterocycles. The van der Waals surface area contributed by atoms with Gasteiger partial charge in [0.25, 0.3) is 0 Å². The average molecular weight is 237 g/mol. The maximum atomic E-state index is 10.0. The molecule has 2 unspecified atom stereocenters. The average Bonchev–Trinajstić information content (AvgIpc) is 2.48. The van der Waals surface area contributed by atoms with Crippen molar-refractivity contribution in [2.45, 2.75) is 57.7 Å². The first-order valence-electron chi connectivity index (χ1n) is 6.58. The maximum absolute atomic E-state index is 10.0. The van der Waals surface area contributed by atoms with Gasteiger partial charge in [-0.1, -0.05) is 19.3 Å². The summed E-state index contributed by atoms with van der Waals surface area (Å²) in [5.41, 5.74) is 2.23. The molecule has 0 saturated heterocycles. The molecule has 1 aliphatic carbocycles. The molecule has 1 aromatic rings. The Balaban J connectivity index is 1.90. The van der Waals surface area contributed by atoms with E-state index < -0.39 is 0 Å². The van der Waals surface area contributed by atoms with Gasteiger partial charge in [0.05, 0.1) is 17.5 Å². The summed E-state index contributed by atoms with van der Waals surface area (Å²) in [6, 6.07) is 2.34. The highest BCUT2D eigenvalue weighted by Crippen LogP contribution is 2.18. The lowest BCUT2D eigenvalue weighted by Gasteiger charge is -2.21. The molecular weight excluding hydrogens is 214 g/mol. The van der Waals surface area contributed by atoms with Crippen LogP contribution in [0.4, 0.5) is 0 Å². The smallest absolute Gasteiger partial charge is 0.0693 e. The van der Waals surface area contributed by atoms with Crippen LogP contribution in [0.25, 0.3) is 0 Å². The van der Waals surface area contributed by atoms with Crippen molar-refractivity contribution in [2.75, 3.05) is 0 Å². The van der Waals surface area contributed by atoms with E-state index in [1.165, 1.54) is 18.5 Å². The fourth-order valence-corrected chi connectivity index (χ4v) is 2.59. The molecule has 17 heavy (non-hydrogen) atoms. The molecule has 0 aromatic carbocycles. The Kier molecular flexibility index (Phi) is 4.18. The first kappa shape index (κ1) is 12.6. The number of aliphatic hydroxyl groups excluding tert-OH is 1. The van der Waals surface area contributed by atoms with Gasteiger partial charge in [0.2, 0.25) is 0 Å². The van der Waals surface area contributed by atoms with Crippen molar-refractivity contribution in [2.24, 2.45) is 7.05 Å². The van der Waals surface area contributed by atoms with E-state index in [0.29, 0.717) is 0 Å². The maximum Gasteiger partial charge on any atom is 0.0693 e. The van der Waals surface area contributed by atoms with Gasteiger partial charge in [0.1, 0.15) is 0 Å². The zero-order valence-electron chi connectivity index (χ0n) is 10.8. The SMILES string of the molecule is Cc1cc(CNC2CCCCCC2O)n(C)n1. The predicted molar refractivity (Wildman–Crippen MR) is 67.7 cm³/mol. The molecule has 0 bridgehead atoms. The molecule has 4 nitrogen and oxygen atoms in total. The largest absolute Gasteiger partial charge is 0.392 e. The minimum atomic E-state index is -0.188. The third kappa shape index (κ3) is 3.30. The van der Waals surface area contributed by atoms with E-state index in [1.807, 2.05) is 18.7 Å². The lowest BCUT2D eigenvalue weighted by molar-refractivity contribution is 0.119. The fourth-order valence-electron chi connectivity index (χ4n) is 2.59. The molecule has 1 aromatic heterocycles. The van der Waals surface area contributed by atoms with Crippen LogP contribution in [-0.2, 0) is 13.6 Å². The molecule has 1 saturated carbocycles. The highest BCUT2D eigenvalue weighted by molar-refractivity contribution is 5.08. The zero-order valence-corrected chi connectivity index (χ0v) is 10.8. The van der Waals surface area contributed by atoms with Crippen molar-refractivity contribution < 1.29 is 5.11 Å². The van der Waals surface area contributed by atoms with Crippen LogP contribution in [-0.4, -0.2) is 27.0 Å². The summed E-state index contributed by atoms with van der Waals surface area (Å²) < 4.78 is 1.91. The zero-order chi connectivity index (χ0) is 12.3. The number of aliphatic hydroxyl groups is 1. The Morgan fingerprint density at radius 2 is 2.18 bits per heavy atom. The predicted octanol–water partition coefficient (Wildman–Crippen LogP) is 1.51. The van der Waals surface area contributed by atoms with Gasteiger partial charge in [-0.2, -0.15) is 5.10 Å². The number of rotatable bonds is 3. The molecule has 2 rings (SSSR count). The van der Waals surface area contributed by atoms with Crippen LogP contribution >= 0.6 is 0 Å². The molecule has 0 amide bonds. The van der Waals surface area contributed by atoms with E-state index in [4.69, 9.17) is 0 Å². The van der Waals surface area contributed by atoms with Gasteiger partial charge in [0, 0.05) is 19.6 Å². The Morgan fingerprint density at radius 3 is 2.88 bits per heavy atom. The summed E-state index contributed by atoms with van der Waals surface area (Å²) in [5, 5.41) is 17.8. The summed E-state index contributed by atoms with van der Waals surface area (Å²) in [6.45, 7) is 2.79. The number of aryl methyl sites for hydroxylation is 2. The first-order valence-corrected chi connectivity index (χ1v) is 6.58. The second kappa shape index (κ2) is 5.65. The van der Waals surface area contributed by atoms with Gasteiger partial charge >= 0.3 is 0 Å². The van der Waals surface area contributed by atoms with Gasteiger partial charge in [-0.05, 0) is 25.8 Å². The van der Waals surface area contributed by atoms with E-state index in [-0.39, 0.29) is 12.1 Å². The molecule has 1 fully saturated rings. The Morgan fingerprint density at radius 1 is 1.41 bits per heavy atom. The summed E-state index contributed by atoms with van der Waals surface area (Å²) in [4.78, 5) is 0. The van der Waals surface area contributed by atoms with E-state index in [9.17, 15) is 5.11 Å². The number of aromatic nitrogens is 2. The summed E-state index contributed by atoms with van der Waals surface area (Å²) in [5.74, 6) is 0. The summed E-state index contributed by atoms with van der Waals surface area (Å²) in [7, 11) is 1.97. The fraction of sp³-hybridized carbons (Fsp3) is 0.769. The van der Waals surface area contributed by atoms with Crippen LogP contribution in [0.5, 0.6) is 0 Å². The Labute approximate surface area is 103 Å². The van der Waals surface area contributed by atoms with Crippen molar-refractivity contribution >= 4 is 0 Å². The van der Waals surface area contributed by atoms with Crippen molar-refractivity contribution in [3.05, 3.63) is 17.5 Å². The van der Waals surface area contributed by atoms with Crippen molar-refractivity contribution in [3.8, 4) is 0 Å². The van der Waals surface area contributed by atoms with Crippen molar-refractivity contribution in [3.63, 3.8) is 0 Å². The Bertz CT molecular complexity index is 362. The van der Waals surface area contributed by atoms with Gasteiger partial charge < -0.3 is 10.4 Å².